The summed E-state index contributed by atoms with van der Waals surface area (Å²) in [5, 5.41) is 10.1. The lowest BCUT2D eigenvalue weighted by Gasteiger charge is -2.28. The highest BCUT2D eigenvalue weighted by Gasteiger charge is 2.27. The van der Waals surface area contributed by atoms with Crippen LogP contribution in [0.4, 0.5) is 11.4 Å². The SMILES string of the molecule is C[Si](C)(C)Nc1ccc2c3ccc(N[Si](C)(C)C)c4c(O[Si](C)(C)C)ccc(c5ccc(O[Si](C)(C)C)c1c25)c43. The van der Waals surface area contributed by atoms with E-state index >= 15 is 0 Å². The fourth-order valence-electron chi connectivity index (χ4n) is 5.67. The van der Waals surface area contributed by atoms with Gasteiger partial charge in [-0.15, -0.1) is 0 Å². The van der Waals surface area contributed by atoms with Crippen LogP contribution < -0.4 is 18.8 Å². The average Bonchev–Trinajstić information content (AvgIpc) is 2.76. The molecule has 212 valence electrons. The van der Waals surface area contributed by atoms with Crippen LogP contribution in [0.25, 0.3) is 43.1 Å². The van der Waals surface area contributed by atoms with Crippen molar-refractivity contribution in [3.63, 3.8) is 0 Å². The largest absolute Gasteiger partial charge is 0.544 e. The van der Waals surface area contributed by atoms with Crippen LogP contribution in [0.5, 0.6) is 11.5 Å². The van der Waals surface area contributed by atoms with Crippen molar-refractivity contribution in [3.05, 3.63) is 48.5 Å². The Bertz CT molecular complexity index is 1490. The first kappa shape index (κ1) is 29.0. The van der Waals surface area contributed by atoms with E-state index < -0.39 is 33.1 Å². The molecule has 0 bridgehead atoms. The van der Waals surface area contributed by atoms with E-state index in [2.05, 4.69) is 137 Å². The van der Waals surface area contributed by atoms with E-state index in [1.54, 1.807) is 0 Å². The van der Waals surface area contributed by atoms with Gasteiger partial charge in [-0.2, -0.15) is 0 Å². The predicted molar refractivity (Wildman–Crippen MR) is 190 cm³/mol. The van der Waals surface area contributed by atoms with Gasteiger partial charge in [0.15, 0.2) is 0 Å². The van der Waals surface area contributed by atoms with Crippen LogP contribution in [0.1, 0.15) is 0 Å². The lowest BCUT2D eigenvalue weighted by atomic mass is 9.88. The molecule has 0 aliphatic rings. The number of rotatable bonds is 8. The van der Waals surface area contributed by atoms with E-state index in [1.165, 1.54) is 54.5 Å². The Morgan fingerprint density at radius 3 is 0.975 bits per heavy atom. The Labute approximate surface area is 244 Å². The molecule has 0 heterocycles. The first-order valence-corrected chi connectivity index (χ1v) is 28.3. The summed E-state index contributed by atoms with van der Waals surface area (Å²) in [4.78, 5) is 7.85. The van der Waals surface area contributed by atoms with E-state index in [-0.39, 0.29) is 0 Å². The normalized spacial score (nSPS) is 13.5. The maximum atomic E-state index is 6.75. The van der Waals surface area contributed by atoms with Crippen LogP contribution in [0, 0.1) is 0 Å². The third-order valence-electron chi connectivity index (χ3n) is 6.68. The monoisotopic (exact) mass is 602 g/mol. The number of fused-ring (bicyclic) bond motifs is 2. The van der Waals surface area contributed by atoms with Gasteiger partial charge in [0, 0.05) is 32.9 Å². The molecule has 0 unspecified atom stereocenters. The minimum Gasteiger partial charge on any atom is -0.544 e. The molecule has 40 heavy (non-hydrogen) atoms. The molecule has 5 aromatic carbocycles. The zero-order chi connectivity index (χ0) is 29.4. The second-order valence-electron chi connectivity index (χ2n) is 15.2. The van der Waals surface area contributed by atoms with Gasteiger partial charge >= 0.3 is 0 Å². The molecule has 0 fully saturated rings. The average molecular weight is 603 g/mol. The summed E-state index contributed by atoms with van der Waals surface area (Å²) in [6.07, 6.45) is 0. The third-order valence-corrected chi connectivity index (χ3v) is 10.4. The minimum absolute atomic E-state index is 0.996. The molecule has 4 nitrogen and oxygen atoms in total. The van der Waals surface area contributed by atoms with Crippen LogP contribution >= 0.6 is 0 Å². The molecule has 0 aliphatic heterocycles. The van der Waals surface area contributed by atoms with Gasteiger partial charge in [-0.05, 0) is 85.1 Å². The molecule has 0 atom stereocenters. The molecule has 0 aromatic heterocycles. The number of nitrogens with one attached hydrogen (secondary N) is 2. The van der Waals surface area contributed by atoms with Crippen LogP contribution in [0.3, 0.4) is 0 Å². The fourth-order valence-corrected chi connectivity index (χ4v) is 9.36. The van der Waals surface area contributed by atoms with Crippen molar-refractivity contribution in [2.75, 3.05) is 9.96 Å². The highest BCUT2D eigenvalue weighted by Crippen LogP contribution is 2.49. The van der Waals surface area contributed by atoms with E-state index in [9.17, 15) is 0 Å². The van der Waals surface area contributed by atoms with Crippen molar-refractivity contribution in [1.29, 1.82) is 0 Å². The van der Waals surface area contributed by atoms with Gasteiger partial charge in [0.05, 0.1) is 0 Å². The Morgan fingerprint density at radius 1 is 0.400 bits per heavy atom. The van der Waals surface area contributed by atoms with Crippen LogP contribution in [0.2, 0.25) is 78.6 Å². The minimum atomic E-state index is -1.84. The quantitative estimate of drug-likeness (QED) is 0.105. The number of benzene rings is 5. The molecule has 0 spiro atoms. The van der Waals surface area contributed by atoms with Crippen molar-refractivity contribution in [3.8, 4) is 11.5 Å². The van der Waals surface area contributed by atoms with Crippen LogP contribution in [0.15, 0.2) is 48.5 Å². The summed E-state index contributed by atoms with van der Waals surface area (Å²) in [5.41, 5.74) is 2.37. The molecule has 0 aliphatic carbocycles. The lowest BCUT2D eigenvalue weighted by Crippen LogP contribution is -2.33. The molecule has 8 heteroatoms. The summed E-state index contributed by atoms with van der Waals surface area (Å²) in [7, 11) is -6.91. The third kappa shape index (κ3) is 5.77. The van der Waals surface area contributed by atoms with Gasteiger partial charge in [0.2, 0.25) is 16.6 Å². The maximum Gasteiger partial charge on any atom is 0.242 e. The summed E-state index contributed by atoms with van der Waals surface area (Å²) >= 11 is 0. The van der Waals surface area contributed by atoms with Gasteiger partial charge in [-0.25, -0.2) is 0 Å². The molecule has 0 saturated heterocycles. The van der Waals surface area contributed by atoms with Crippen LogP contribution in [-0.4, -0.2) is 33.1 Å². The number of anilines is 2. The molecule has 2 N–H and O–H groups in total. The lowest BCUT2D eigenvalue weighted by molar-refractivity contribution is 0.564. The highest BCUT2D eigenvalue weighted by molar-refractivity contribution is 6.80. The Morgan fingerprint density at radius 2 is 0.700 bits per heavy atom. The topological polar surface area (TPSA) is 42.5 Å². The smallest absolute Gasteiger partial charge is 0.242 e. The molecular formula is C32H46N2O2Si4. The van der Waals surface area contributed by atoms with E-state index in [1.807, 2.05) is 0 Å². The molecule has 5 aromatic rings. The molecule has 0 amide bonds. The first-order chi connectivity index (χ1) is 18.3. The summed E-state index contributed by atoms with van der Waals surface area (Å²) < 4.78 is 13.5. The van der Waals surface area contributed by atoms with Crippen molar-refractivity contribution in [2.45, 2.75) is 78.6 Å². The first-order valence-electron chi connectivity index (χ1n) is 14.5. The summed E-state index contributed by atoms with van der Waals surface area (Å²) in [6.45, 7) is 27.7. The van der Waals surface area contributed by atoms with Crippen molar-refractivity contribution in [1.82, 2.24) is 0 Å². The van der Waals surface area contributed by atoms with Crippen molar-refractivity contribution < 1.29 is 8.85 Å². The van der Waals surface area contributed by atoms with E-state index in [0.717, 1.165) is 11.5 Å². The van der Waals surface area contributed by atoms with Gasteiger partial charge in [-0.1, -0.05) is 63.5 Å². The Hall–Kier alpha value is -2.53. The van der Waals surface area contributed by atoms with Gasteiger partial charge in [0.1, 0.15) is 28.0 Å². The maximum absolute atomic E-state index is 6.75. The number of hydrogen-bond donors (Lipinski definition) is 2. The van der Waals surface area contributed by atoms with Crippen molar-refractivity contribution >= 4 is 87.6 Å². The van der Waals surface area contributed by atoms with Crippen LogP contribution in [-0.2, 0) is 0 Å². The molecular weight excluding hydrogens is 557 g/mol. The Balaban J connectivity index is 1.96. The second kappa shape index (κ2) is 9.51. The fraction of sp³-hybridized carbons (Fsp3) is 0.375. The second-order valence-corrected chi connectivity index (χ2v) is 33.6. The van der Waals surface area contributed by atoms with Crippen molar-refractivity contribution in [2.24, 2.45) is 0 Å². The van der Waals surface area contributed by atoms with Gasteiger partial charge in [-0.3, -0.25) is 0 Å². The highest BCUT2D eigenvalue weighted by atomic mass is 28.4. The Kier molecular flexibility index (Phi) is 6.89. The van der Waals surface area contributed by atoms with E-state index in [0.29, 0.717) is 0 Å². The summed E-state index contributed by atoms with van der Waals surface area (Å²) in [5.74, 6) is 1.99. The summed E-state index contributed by atoms with van der Waals surface area (Å²) in [6, 6.07) is 18.2. The predicted octanol–water partition coefficient (Wildman–Crippen LogP) is 10.7. The molecule has 5 rings (SSSR count). The number of hydrogen-bond acceptors (Lipinski definition) is 4. The van der Waals surface area contributed by atoms with E-state index in [4.69, 9.17) is 8.85 Å². The molecule has 0 saturated carbocycles. The zero-order valence-electron chi connectivity index (χ0n) is 26.4. The zero-order valence-corrected chi connectivity index (χ0v) is 30.4. The molecule has 0 radical (unpaired) electrons. The van der Waals surface area contributed by atoms with Gasteiger partial charge in [0.25, 0.3) is 0 Å². The standard InChI is InChI=1S/C32H46N2O2Si4/c1-37(2,3)33-25-17-13-21-22-14-18-26(34-38(4,5)6)32-28(36-40(10,11)12)20-16-24(30(22)32)23-15-19-27(31(25)29(21)23)35-39(7,8)9/h13-20,33-34H,1-12H3. The van der Waals surface area contributed by atoms with Gasteiger partial charge < -0.3 is 18.8 Å².